The first kappa shape index (κ1) is 23.0. The highest BCUT2D eigenvalue weighted by Gasteiger charge is 2.44. The molecule has 5 rings (SSSR count). The molecule has 6 heteroatoms. The molecular formula is C29H30N2O4. The smallest absolute Gasteiger partial charge is 0.232 e. The molecule has 0 spiro atoms. The Kier molecular flexibility index (Phi) is 6.45. The second kappa shape index (κ2) is 9.82. The molecule has 0 bridgehead atoms. The van der Waals surface area contributed by atoms with Crippen molar-refractivity contribution in [1.29, 1.82) is 0 Å². The van der Waals surface area contributed by atoms with Crippen molar-refractivity contribution < 1.29 is 19.1 Å². The number of anilines is 2. The summed E-state index contributed by atoms with van der Waals surface area (Å²) < 4.78 is 11.0. The van der Waals surface area contributed by atoms with E-state index in [1.165, 1.54) is 5.56 Å². The van der Waals surface area contributed by atoms with E-state index in [9.17, 15) is 9.59 Å². The molecule has 0 aromatic heterocycles. The monoisotopic (exact) mass is 470 g/mol. The van der Waals surface area contributed by atoms with Crippen LogP contribution < -0.4 is 19.3 Å². The third-order valence-electron chi connectivity index (χ3n) is 7.10. The number of methoxy groups -OCH3 is 2. The Labute approximate surface area is 206 Å². The first-order valence-electron chi connectivity index (χ1n) is 12.1. The van der Waals surface area contributed by atoms with Crippen LogP contribution >= 0.6 is 0 Å². The predicted molar refractivity (Wildman–Crippen MR) is 136 cm³/mol. The van der Waals surface area contributed by atoms with Gasteiger partial charge in [-0.05, 0) is 61.2 Å². The van der Waals surface area contributed by atoms with Gasteiger partial charge < -0.3 is 19.3 Å². The summed E-state index contributed by atoms with van der Waals surface area (Å²) in [5.41, 5.74) is 3.75. The van der Waals surface area contributed by atoms with Gasteiger partial charge >= 0.3 is 0 Å². The Morgan fingerprint density at radius 1 is 0.886 bits per heavy atom. The molecule has 180 valence electrons. The van der Waals surface area contributed by atoms with Crippen molar-refractivity contribution in [1.82, 2.24) is 0 Å². The van der Waals surface area contributed by atoms with Crippen LogP contribution in [0.5, 0.6) is 11.5 Å². The fourth-order valence-electron chi connectivity index (χ4n) is 5.43. The van der Waals surface area contributed by atoms with Gasteiger partial charge in [-0.25, -0.2) is 0 Å². The van der Waals surface area contributed by atoms with Gasteiger partial charge in [0.1, 0.15) is 11.5 Å². The lowest BCUT2D eigenvalue weighted by molar-refractivity contribution is -0.127. The number of fused-ring (bicyclic) bond motifs is 1. The van der Waals surface area contributed by atoms with Gasteiger partial charge in [0.25, 0.3) is 0 Å². The fourth-order valence-corrected chi connectivity index (χ4v) is 5.43. The molecule has 2 heterocycles. The van der Waals surface area contributed by atoms with Crippen LogP contribution in [0.15, 0.2) is 72.8 Å². The van der Waals surface area contributed by atoms with E-state index in [1.54, 1.807) is 19.1 Å². The van der Waals surface area contributed by atoms with E-state index in [1.807, 2.05) is 71.6 Å². The lowest BCUT2D eigenvalue weighted by Crippen LogP contribution is -2.50. The Morgan fingerprint density at radius 3 is 2.40 bits per heavy atom. The summed E-state index contributed by atoms with van der Waals surface area (Å²) in [6.45, 7) is 0.682. The molecule has 2 aliphatic rings. The van der Waals surface area contributed by atoms with Crippen LogP contribution in [-0.2, 0) is 16.0 Å². The average Bonchev–Trinajstić information content (AvgIpc) is 2.92. The van der Waals surface area contributed by atoms with Crippen LogP contribution in [0, 0.1) is 5.92 Å². The SMILES string of the molecule is COc1ccc(N2C(=O)CCC(C(=O)N3CCCc4ccccc43)C2c2ccccc2OC)cc1. The molecule has 0 N–H and O–H groups in total. The normalized spacial score (nSPS) is 19.8. The zero-order valence-electron chi connectivity index (χ0n) is 20.1. The summed E-state index contributed by atoms with van der Waals surface area (Å²) in [4.78, 5) is 31.3. The second-order valence-electron chi connectivity index (χ2n) is 9.02. The molecule has 0 aliphatic carbocycles. The van der Waals surface area contributed by atoms with E-state index >= 15 is 0 Å². The van der Waals surface area contributed by atoms with Gasteiger partial charge in [0.15, 0.2) is 0 Å². The number of amides is 2. The third kappa shape index (κ3) is 4.25. The van der Waals surface area contributed by atoms with Crippen LogP contribution in [0.2, 0.25) is 0 Å². The highest BCUT2D eigenvalue weighted by atomic mass is 16.5. The van der Waals surface area contributed by atoms with E-state index in [0.717, 1.165) is 29.8 Å². The van der Waals surface area contributed by atoms with Crippen molar-refractivity contribution in [2.45, 2.75) is 31.7 Å². The van der Waals surface area contributed by atoms with Gasteiger partial charge in [0.2, 0.25) is 11.8 Å². The fraction of sp³-hybridized carbons (Fsp3) is 0.310. The van der Waals surface area contributed by atoms with Crippen LogP contribution in [0.3, 0.4) is 0 Å². The second-order valence-corrected chi connectivity index (χ2v) is 9.02. The summed E-state index contributed by atoms with van der Waals surface area (Å²) in [5.74, 6) is 1.03. The molecule has 2 amide bonds. The minimum Gasteiger partial charge on any atom is -0.497 e. The average molecular weight is 471 g/mol. The molecule has 3 aromatic rings. The lowest BCUT2D eigenvalue weighted by Gasteiger charge is -2.43. The summed E-state index contributed by atoms with van der Waals surface area (Å²) in [6, 6.07) is 22.8. The largest absolute Gasteiger partial charge is 0.497 e. The van der Waals surface area contributed by atoms with E-state index in [4.69, 9.17) is 9.47 Å². The van der Waals surface area contributed by atoms with Crippen LogP contribution in [0.1, 0.15) is 36.4 Å². The zero-order valence-corrected chi connectivity index (χ0v) is 20.1. The van der Waals surface area contributed by atoms with Crippen LogP contribution in [-0.4, -0.2) is 32.6 Å². The Balaban J connectivity index is 1.61. The van der Waals surface area contributed by atoms with Gasteiger partial charge in [0.05, 0.1) is 26.2 Å². The molecular weight excluding hydrogens is 440 g/mol. The maximum absolute atomic E-state index is 14.2. The molecule has 2 atom stereocenters. The highest BCUT2D eigenvalue weighted by Crippen LogP contribution is 2.45. The maximum atomic E-state index is 14.2. The van der Waals surface area contributed by atoms with E-state index in [2.05, 4.69) is 6.07 Å². The number of carbonyl (C=O) groups excluding carboxylic acids is 2. The number of aryl methyl sites for hydroxylation is 1. The summed E-state index contributed by atoms with van der Waals surface area (Å²) in [5, 5.41) is 0. The molecule has 2 unspecified atom stereocenters. The molecule has 3 aromatic carbocycles. The van der Waals surface area contributed by atoms with Crippen LogP contribution in [0.25, 0.3) is 0 Å². The number of hydrogen-bond acceptors (Lipinski definition) is 4. The zero-order chi connectivity index (χ0) is 24.4. The highest BCUT2D eigenvalue weighted by molar-refractivity contribution is 6.02. The van der Waals surface area contributed by atoms with Crippen molar-refractivity contribution in [2.75, 3.05) is 30.6 Å². The summed E-state index contributed by atoms with van der Waals surface area (Å²) in [6.07, 6.45) is 2.70. The number of para-hydroxylation sites is 2. The molecule has 1 fully saturated rings. The van der Waals surface area contributed by atoms with Gasteiger partial charge in [-0.3, -0.25) is 9.59 Å². The number of nitrogens with zero attached hydrogens (tertiary/aromatic N) is 2. The number of carbonyl (C=O) groups is 2. The quantitative estimate of drug-likeness (QED) is 0.516. The van der Waals surface area contributed by atoms with Crippen molar-refractivity contribution in [3.8, 4) is 11.5 Å². The van der Waals surface area contributed by atoms with Gasteiger partial charge in [0, 0.05) is 29.9 Å². The number of hydrogen-bond donors (Lipinski definition) is 0. The van der Waals surface area contributed by atoms with E-state index in [-0.39, 0.29) is 11.8 Å². The minimum absolute atomic E-state index is 0.00540. The predicted octanol–water partition coefficient (Wildman–Crippen LogP) is 5.17. The van der Waals surface area contributed by atoms with Gasteiger partial charge in [-0.1, -0.05) is 36.4 Å². The van der Waals surface area contributed by atoms with Crippen molar-refractivity contribution in [2.24, 2.45) is 5.92 Å². The number of benzene rings is 3. The molecule has 35 heavy (non-hydrogen) atoms. The maximum Gasteiger partial charge on any atom is 0.232 e. The molecule has 2 aliphatic heterocycles. The molecule has 0 saturated carbocycles. The van der Waals surface area contributed by atoms with Crippen molar-refractivity contribution in [3.05, 3.63) is 83.9 Å². The summed E-state index contributed by atoms with van der Waals surface area (Å²) in [7, 11) is 3.24. The van der Waals surface area contributed by atoms with Gasteiger partial charge in [-0.2, -0.15) is 0 Å². The third-order valence-corrected chi connectivity index (χ3v) is 7.10. The molecule has 1 saturated heterocycles. The first-order chi connectivity index (χ1) is 17.1. The Hall–Kier alpha value is -3.80. The molecule has 6 nitrogen and oxygen atoms in total. The first-order valence-corrected chi connectivity index (χ1v) is 12.1. The number of ether oxygens (including phenoxy) is 2. The number of piperidine rings is 1. The molecule has 0 radical (unpaired) electrons. The van der Waals surface area contributed by atoms with Gasteiger partial charge in [-0.15, -0.1) is 0 Å². The van der Waals surface area contributed by atoms with Crippen molar-refractivity contribution >= 4 is 23.2 Å². The van der Waals surface area contributed by atoms with E-state index < -0.39 is 12.0 Å². The van der Waals surface area contributed by atoms with Crippen molar-refractivity contribution in [3.63, 3.8) is 0 Å². The Morgan fingerprint density at radius 2 is 1.63 bits per heavy atom. The van der Waals surface area contributed by atoms with Crippen LogP contribution in [0.4, 0.5) is 11.4 Å². The summed E-state index contributed by atoms with van der Waals surface area (Å²) >= 11 is 0. The Bertz CT molecular complexity index is 1220. The lowest BCUT2D eigenvalue weighted by atomic mass is 9.82. The minimum atomic E-state index is -0.484. The standard InChI is InChI=1S/C29H30N2O4/c1-34-22-15-13-21(14-16-22)31-27(32)18-17-24(28(31)23-10-4-6-12-26(23)35-2)29(33)30-19-7-9-20-8-3-5-11-25(20)30/h3-6,8,10-16,24,28H,7,9,17-19H2,1-2H3. The number of rotatable bonds is 5. The van der Waals surface area contributed by atoms with E-state index in [0.29, 0.717) is 30.9 Å². The topological polar surface area (TPSA) is 59.1 Å².